The summed E-state index contributed by atoms with van der Waals surface area (Å²) in [7, 11) is 0. The topological polar surface area (TPSA) is 4.44 Å². The summed E-state index contributed by atoms with van der Waals surface area (Å²) in [5.41, 5.74) is 0. The van der Waals surface area contributed by atoms with Crippen LogP contribution in [0.1, 0.15) is 85.0 Å². The first-order chi connectivity index (χ1) is 8.35. The highest BCUT2D eigenvalue weighted by Gasteiger charge is 2.07. The Labute approximate surface area is 133 Å². The monoisotopic (exact) mass is 369 g/mol. The smallest absolute Gasteiger partial charge is 0.0770 e. The largest absolute Gasteiger partial charge is 1.00 e. The van der Waals surface area contributed by atoms with Crippen molar-refractivity contribution >= 4 is 0 Å². The van der Waals surface area contributed by atoms with Crippen molar-refractivity contribution in [2.24, 2.45) is 0 Å². The summed E-state index contributed by atoms with van der Waals surface area (Å²) in [6.45, 7) is 11.2. The fourth-order valence-corrected chi connectivity index (χ4v) is 2.43. The van der Waals surface area contributed by atoms with Crippen molar-refractivity contribution in [2.45, 2.75) is 85.0 Å². The van der Waals surface area contributed by atoms with E-state index in [1.807, 2.05) is 4.90 Å². The number of halogens is 1. The first kappa shape index (κ1) is 21.0. The number of rotatable bonds is 13. The van der Waals surface area contributed by atoms with Crippen molar-refractivity contribution in [1.29, 1.82) is 0 Å². The molecule has 2 heteroatoms. The van der Waals surface area contributed by atoms with Crippen LogP contribution in [-0.2, 0) is 0 Å². The summed E-state index contributed by atoms with van der Waals surface area (Å²) in [5, 5.41) is 0. The second-order valence-electron chi connectivity index (χ2n) is 5.47. The maximum Gasteiger partial charge on any atom is 0.0770 e. The molecule has 0 heterocycles. The van der Waals surface area contributed by atoms with Crippen LogP contribution < -0.4 is 28.9 Å². The zero-order chi connectivity index (χ0) is 12.8. The molecule has 1 nitrogen and oxygen atoms in total. The molecule has 0 bridgehead atoms. The maximum absolute atomic E-state index is 2.30. The molecule has 1 N–H and O–H groups in total. The highest BCUT2D eigenvalue weighted by molar-refractivity contribution is 4.42. The number of hydrogen-bond donors (Lipinski definition) is 1. The normalized spacial score (nSPS) is 10.7. The van der Waals surface area contributed by atoms with E-state index in [0.29, 0.717) is 0 Å². The van der Waals surface area contributed by atoms with Gasteiger partial charge in [-0.15, -0.1) is 0 Å². The van der Waals surface area contributed by atoms with Gasteiger partial charge in [-0.25, -0.2) is 0 Å². The summed E-state index contributed by atoms with van der Waals surface area (Å²) in [6.07, 6.45) is 14.1. The molecule has 18 heavy (non-hydrogen) atoms. The lowest BCUT2D eigenvalue weighted by Crippen LogP contribution is -3.12. The van der Waals surface area contributed by atoms with E-state index in [0.717, 1.165) is 0 Å². The van der Waals surface area contributed by atoms with Gasteiger partial charge in [0.15, 0.2) is 0 Å². The summed E-state index contributed by atoms with van der Waals surface area (Å²) >= 11 is 0. The van der Waals surface area contributed by atoms with E-state index >= 15 is 0 Å². The highest BCUT2D eigenvalue weighted by Crippen LogP contribution is 1.97. The molecule has 0 aliphatic carbocycles. The fraction of sp³-hybridized carbons (Fsp3) is 1.00. The van der Waals surface area contributed by atoms with Gasteiger partial charge in [0.05, 0.1) is 19.6 Å². The van der Waals surface area contributed by atoms with E-state index in [4.69, 9.17) is 0 Å². The molecule has 0 rings (SSSR count). The van der Waals surface area contributed by atoms with Gasteiger partial charge >= 0.3 is 0 Å². The Morgan fingerprint density at radius 2 is 0.833 bits per heavy atom. The van der Waals surface area contributed by atoms with Crippen molar-refractivity contribution < 1.29 is 28.9 Å². The van der Waals surface area contributed by atoms with Gasteiger partial charge in [0, 0.05) is 0 Å². The van der Waals surface area contributed by atoms with Gasteiger partial charge < -0.3 is 28.9 Å². The van der Waals surface area contributed by atoms with Crippen molar-refractivity contribution in [2.75, 3.05) is 19.6 Å². The van der Waals surface area contributed by atoms with E-state index in [1.54, 1.807) is 0 Å². The number of hydrogen-bond acceptors (Lipinski definition) is 0. The first-order valence-electron chi connectivity index (χ1n) is 8.18. The number of quaternary nitrogens is 1. The molecule has 112 valence electrons. The van der Waals surface area contributed by atoms with Crippen molar-refractivity contribution in [3.63, 3.8) is 0 Å². The third-order valence-electron chi connectivity index (χ3n) is 3.65. The van der Waals surface area contributed by atoms with E-state index in [9.17, 15) is 0 Å². The quantitative estimate of drug-likeness (QED) is 0.363. The summed E-state index contributed by atoms with van der Waals surface area (Å²) in [5.74, 6) is 0. The minimum absolute atomic E-state index is 0. The number of unbranched alkanes of at least 4 members (excludes halogenated alkanes) is 7. The Hall–Kier alpha value is 0.690. The molecule has 0 fully saturated rings. The maximum atomic E-state index is 2.30. The predicted molar refractivity (Wildman–Crippen MR) is 78.8 cm³/mol. The van der Waals surface area contributed by atoms with Crippen LogP contribution in [0.4, 0.5) is 0 Å². The fourth-order valence-electron chi connectivity index (χ4n) is 2.43. The van der Waals surface area contributed by atoms with Gasteiger partial charge in [-0.1, -0.05) is 46.5 Å². The summed E-state index contributed by atoms with van der Waals surface area (Å²) in [6, 6.07) is 0. The molecular weight excluding hydrogens is 333 g/mol. The molecule has 0 aromatic heterocycles. The third kappa shape index (κ3) is 14.7. The lowest BCUT2D eigenvalue weighted by atomic mass is 10.1. The molecule has 0 spiro atoms. The van der Waals surface area contributed by atoms with Crippen molar-refractivity contribution in [1.82, 2.24) is 0 Å². The predicted octanol–water partition coefficient (Wildman–Crippen LogP) is 0.836. The highest BCUT2D eigenvalue weighted by atomic mass is 127. The Kier molecular flexibility index (Phi) is 20.6. The van der Waals surface area contributed by atoms with Crippen LogP contribution in [0.3, 0.4) is 0 Å². The molecule has 0 saturated heterocycles. The molecule has 0 aliphatic rings. The molecule has 0 atom stereocenters. The molecule has 0 aromatic rings. The van der Waals surface area contributed by atoms with Gasteiger partial charge in [0.1, 0.15) is 0 Å². The van der Waals surface area contributed by atoms with Crippen LogP contribution in [0.2, 0.25) is 0 Å². The lowest BCUT2D eigenvalue weighted by Gasteiger charge is -2.19. The second-order valence-corrected chi connectivity index (χ2v) is 5.47. The second kappa shape index (κ2) is 17.7. The molecule has 0 saturated carbocycles. The van der Waals surface area contributed by atoms with E-state index in [2.05, 4.69) is 20.8 Å². The summed E-state index contributed by atoms with van der Waals surface area (Å²) in [4.78, 5) is 1.88. The van der Waals surface area contributed by atoms with Crippen molar-refractivity contribution in [3.8, 4) is 0 Å². The average molecular weight is 369 g/mol. The zero-order valence-corrected chi connectivity index (χ0v) is 15.2. The van der Waals surface area contributed by atoms with Crippen molar-refractivity contribution in [3.05, 3.63) is 0 Å². The molecule has 0 amide bonds. The zero-order valence-electron chi connectivity index (χ0n) is 13.1. The standard InChI is InChI=1S/C16H35N.HI/c1-4-7-10-13-16-17(14-11-8-5-2)15-12-9-6-3;/h4-16H2,1-3H3;1H. The average Bonchev–Trinajstić information content (AvgIpc) is 2.34. The Morgan fingerprint density at radius 1 is 0.500 bits per heavy atom. The lowest BCUT2D eigenvalue weighted by molar-refractivity contribution is -0.900. The molecule has 0 aliphatic heterocycles. The molecular formula is C16H36IN. The molecule has 0 radical (unpaired) electrons. The van der Waals surface area contributed by atoms with Gasteiger partial charge in [-0.05, 0) is 38.5 Å². The molecule has 0 aromatic carbocycles. The van der Waals surface area contributed by atoms with Crippen LogP contribution in [-0.4, -0.2) is 19.6 Å². The van der Waals surface area contributed by atoms with Gasteiger partial charge in [0.25, 0.3) is 0 Å². The van der Waals surface area contributed by atoms with Gasteiger partial charge in [-0.2, -0.15) is 0 Å². The van der Waals surface area contributed by atoms with E-state index in [1.165, 1.54) is 83.8 Å². The Bertz CT molecular complexity index is 129. The molecule has 0 unspecified atom stereocenters. The summed E-state index contributed by atoms with van der Waals surface area (Å²) < 4.78 is 0. The van der Waals surface area contributed by atoms with E-state index in [-0.39, 0.29) is 24.0 Å². The van der Waals surface area contributed by atoms with Crippen LogP contribution >= 0.6 is 0 Å². The van der Waals surface area contributed by atoms with Gasteiger partial charge in [-0.3, -0.25) is 0 Å². The van der Waals surface area contributed by atoms with E-state index < -0.39 is 0 Å². The van der Waals surface area contributed by atoms with Crippen LogP contribution in [0.25, 0.3) is 0 Å². The first-order valence-corrected chi connectivity index (χ1v) is 8.18. The van der Waals surface area contributed by atoms with Gasteiger partial charge in [0.2, 0.25) is 0 Å². The van der Waals surface area contributed by atoms with Crippen LogP contribution in [0, 0.1) is 0 Å². The Balaban J connectivity index is 0. The third-order valence-corrected chi connectivity index (χ3v) is 3.65. The SMILES string of the molecule is CCCCCC[NH+](CCCCC)CCCCC.[I-]. The minimum Gasteiger partial charge on any atom is -1.00 e. The Morgan fingerprint density at radius 3 is 1.22 bits per heavy atom. The van der Waals surface area contributed by atoms with Crippen LogP contribution in [0.15, 0.2) is 0 Å². The number of nitrogens with one attached hydrogen (secondary N) is 1. The minimum atomic E-state index is 0. The van der Waals surface area contributed by atoms with Crippen LogP contribution in [0.5, 0.6) is 0 Å².